The lowest BCUT2D eigenvalue weighted by atomic mass is 9.65. The highest BCUT2D eigenvalue weighted by Crippen LogP contribution is 2.55. The summed E-state index contributed by atoms with van der Waals surface area (Å²) in [5, 5.41) is 1.31. The van der Waals surface area contributed by atoms with Crippen molar-refractivity contribution in [3.05, 3.63) is 85.3 Å². The van der Waals surface area contributed by atoms with Crippen LogP contribution in [-0.4, -0.2) is 11.6 Å². The third-order valence-corrected chi connectivity index (χ3v) is 7.94. The van der Waals surface area contributed by atoms with E-state index in [2.05, 4.69) is 27.7 Å². The molecule has 1 heterocycles. The van der Waals surface area contributed by atoms with Gasteiger partial charge in [-0.05, 0) is 40.7 Å². The summed E-state index contributed by atoms with van der Waals surface area (Å²) in [6.07, 6.45) is 1.92. The topological polar surface area (TPSA) is 52.6 Å². The van der Waals surface area contributed by atoms with Crippen LogP contribution in [-0.2, 0) is 20.9 Å². The second-order valence-electron chi connectivity index (χ2n) is 11.8. The average Bonchev–Trinajstić information content (AvgIpc) is 2.75. The highest BCUT2D eigenvalue weighted by atomic mass is 35.5. The minimum Gasteiger partial charge on any atom is -0.487 e. The smallest absolute Gasteiger partial charge is 0.163 e. The fraction of sp³-hybridized carbons (Fsp3) is 0.400. The lowest BCUT2D eigenvalue weighted by Gasteiger charge is -2.43. The summed E-state index contributed by atoms with van der Waals surface area (Å²) < 4.78 is 12.7. The third kappa shape index (κ3) is 5.21. The van der Waals surface area contributed by atoms with Gasteiger partial charge in [-0.25, -0.2) is 0 Å². The van der Waals surface area contributed by atoms with Crippen molar-refractivity contribution in [1.29, 1.82) is 0 Å². The fourth-order valence-electron chi connectivity index (χ4n) is 5.71. The molecule has 0 fully saturated rings. The molecule has 1 aliphatic heterocycles. The third-order valence-electron chi connectivity index (χ3n) is 7.20. The van der Waals surface area contributed by atoms with Crippen LogP contribution in [0.5, 0.6) is 5.75 Å². The SMILES string of the molecule is CC1(C)CC(=O)C2=C(C1)OC1=C(C(=O)CC(C)(C)C1)C2c1cc(Cl)cc(Cl)c1OCc1cccc(Cl)c1. The molecular weight excluding hydrogens is 531 g/mol. The molecule has 5 rings (SSSR count). The minimum atomic E-state index is -0.656. The molecule has 0 spiro atoms. The van der Waals surface area contributed by atoms with Crippen LogP contribution in [0.1, 0.15) is 70.4 Å². The van der Waals surface area contributed by atoms with Gasteiger partial charge in [0.2, 0.25) is 0 Å². The lowest BCUT2D eigenvalue weighted by Crippen LogP contribution is -2.37. The van der Waals surface area contributed by atoms with E-state index in [1.165, 1.54) is 0 Å². The first-order valence-electron chi connectivity index (χ1n) is 12.4. The average molecular weight is 560 g/mol. The van der Waals surface area contributed by atoms with E-state index in [9.17, 15) is 9.59 Å². The number of carbonyl (C=O) groups excluding carboxylic acids is 2. The Morgan fingerprint density at radius 1 is 0.838 bits per heavy atom. The van der Waals surface area contributed by atoms with Crippen molar-refractivity contribution >= 4 is 46.4 Å². The van der Waals surface area contributed by atoms with Crippen LogP contribution >= 0.6 is 34.8 Å². The molecule has 0 saturated heterocycles. The molecule has 0 radical (unpaired) electrons. The number of ether oxygens (including phenoxy) is 2. The number of Topliss-reactive ketones (excluding diaryl/α,β-unsaturated/α-hetero) is 2. The zero-order chi connectivity index (χ0) is 26.7. The number of halogens is 3. The Morgan fingerprint density at radius 2 is 1.43 bits per heavy atom. The Hall–Kier alpha value is -2.27. The normalized spacial score (nSPS) is 20.9. The van der Waals surface area contributed by atoms with Gasteiger partial charge in [0.15, 0.2) is 11.6 Å². The Balaban J connectivity index is 1.68. The summed E-state index contributed by atoms with van der Waals surface area (Å²) in [7, 11) is 0. The van der Waals surface area contributed by atoms with Gasteiger partial charge in [0.25, 0.3) is 0 Å². The van der Waals surface area contributed by atoms with Crippen LogP contribution in [0, 0.1) is 10.8 Å². The van der Waals surface area contributed by atoms with E-state index in [0.29, 0.717) is 74.7 Å². The second kappa shape index (κ2) is 9.48. The summed E-state index contributed by atoms with van der Waals surface area (Å²) in [6.45, 7) is 8.44. The van der Waals surface area contributed by atoms with Crippen LogP contribution in [0.3, 0.4) is 0 Å². The number of hydrogen-bond donors (Lipinski definition) is 0. The van der Waals surface area contributed by atoms with E-state index in [-0.39, 0.29) is 29.0 Å². The first kappa shape index (κ1) is 26.3. The van der Waals surface area contributed by atoms with E-state index in [1.54, 1.807) is 18.2 Å². The Morgan fingerprint density at radius 3 is 2.00 bits per heavy atom. The zero-order valence-electron chi connectivity index (χ0n) is 21.3. The highest BCUT2D eigenvalue weighted by molar-refractivity contribution is 6.35. The van der Waals surface area contributed by atoms with Crippen LogP contribution < -0.4 is 4.74 Å². The van der Waals surface area contributed by atoms with Gasteiger partial charge in [0.05, 0.1) is 10.9 Å². The van der Waals surface area contributed by atoms with Gasteiger partial charge in [0.1, 0.15) is 23.9 Å². The molecule has 194 valence electrons. The first-order chi connectivity index (χ1) is 17.3. The van der Waals surface area contributed by atoms with Crippen LogP contribution in [0.25, 0.3) is 0 Å². The molecule has 0 atom stereocenters. The summed E-state index contributed by atoms with van der Waals surface area (Å²) in [4.78, 5) is 27.3. The van der Waals surface area contributed by atoms with Crippen molar-refractivity contribution in [1.82, 2.24) is 0 Å². The molecule has 0 bridgehead atoms. The van der Waals surface area contributed by atoms with Gasteiger partial charge >= 0.3 is 0 Å². The van der Waals surface area contributed by atoms with Crippen molar-refractivity contribution in [2.45, 2.75) is 65.9 Å². The first-order valence-corrected chi connectivity index (χ1v) is 13.5. The van der Waals surface area contributed by atoms with Crippen molar-refractivity contribution in [3.63, 3.8) is 0 Å². The van der Waals surface area contributed by atoms with Gasteiger partial charge in [-0.15, -0.1) is 0 Å². The monoisotopic (exact) mass is 558 g/mol. The number of rotatable bonds is 4. The van der Waals surface area contributed by atoms with Crippen LogP contribution in [0.4, 0.5) is 0 Å². The van der Waals surface area contributed by atoms with Crippen molar-refractivity contribution in [3.8, 4) is 5.75 Å². The maximum Gasteiger partial charge on any atom is 0.163 e. The Bertz CT molecular complexity index is 1330. The molecule has 7 heteroatoms. The Labute approximate surface area is 232 Å². The Kier molecular flexibility index (Phi) is 6.75. The highest BCUT2D eigenvalue weighted by Gasteiger charge is 2.48. The lowest BCUT2D eigenvalue weighted by molar-refractivity contribution is -0.120. The summed E-state index contributed by atoms with van der Waals surface area (Å²) >= 11 is 19.4. The van der Waals surface area contributed by atoms with E-state index in [4.69, 9.17) is 44.3 Å². The molecule has 0 saturated carbocycles. The van der Waals surface area contributed by atoms with E-state index in [0.717, 1.165) is 5.56 Å². The molecule has 37 heavy (non-hydrogen) atoms. The van der Waals surface area contributed by atoms with E-state index < -0.39 is 5.92 Å². The molecule has 2 aromatic rings. The van der Waals surface area contributed by atoms with Gasteiger partial charge in [-0.1, -0.05) is 74.6 Å². The zero-order valence-corrected chi connectivity index (χ0v) is 23.6. The van der Waals surface area contributed by atoms with Crippen molar-refractivity contribution < 1.29 is 19.1 Å². The predicted molar refractivity (Wildman–Crippen MR) is 146 cm³/mol. The van der Waals surface area contributed by atoms with Gasteiger partial charge in [0, 0.05) is 52.4 Å². The molecule has 4 nitrogen and oxygen atoms in total. The second-order valence-corrected chi connectivity index (χ2v) is 13.1. The van der Waals surface area contributed by atoms with Crippen LogP contribution in [0.15, 0.2) is 59.1 Å². The number of benzene rings is 2. The largest absolute Gasteiger partial charge is 0.487 e. The number of carbonyl (C=O) groups is 2. The molecule has 0 N–H and O–H groups in total. The summed E-state index contributed by atoms with van der Waals surface area (Å²) in [6, 6.07) is 10.7. The number of ketones is 2. The van der Waals surface area contributed by atoms with Gasteiger partial charge in [-0.2, -0.15) is 0 Å². The molecule has 2 aliphatic carbocycles. The number of hydrogen-bond acceptors (Lipinski definition) is 4. The van der Waals surface area contributed by atoms with Gasteiger partial charge < -0.3 is 9.47 Å². The molecule has 0 amide bonds. The summed E-state index contributed by atoms with van der Waals surface area (Å²) in [5.74, 6) is 0.942. The van der Waals surface area contributed by atoms with E-state index in [1.807, 2.05) is 18.2 Å². The number of allylic oxidation sites excluding steroid dienone is 4. The predicted octanol–water partition coefficient (Wildman–Crippen LogP) is 8.63. The maximum atomic E-state index is 13.6. The molecule has 3 aliphatic rings. The fourth-order valence-corrected chi connectivity index (χ4v) is 6.49. The molecular formula is C30H29Cl3O4. The van der Waals surface area contributed by atoms with E-state index >= 15 is 0 Å². The van der Waals surface area contributed by atoms with Crippen LogP contribution in [0.2, 0.25) is 15.1 Å². The minimum absolute atomic E-state index is 0.0303. The maximum absolute atomic E-state index is 13.6. The van der Waals surface area contributed by atoms with Crippen molar-refractivity contribution in [2.75, 3.05) is 0 Å². The molecule has 0 unspecified atom stereocenters. The summed E-state index contributed by atoms with van der Waals surface area (Å²) in [5.41, 5.74) is 2.00. The van der Waals surface area contributed by atoms with Crippen molar-refractivity contribution in [2.24, 2.45) is 10.8 Å². The standard InChI is InChI=1S/C30H29Cl3O4/c1-29(2)11-21(34)26-23(13-29)37-24-14-30(3,4)12-22(35)27(24)25(26)19-9-18(32)10-20(33)28(19)36-15-16-6-5-7-17(31)8-16/h5-10,25H,11-15H2,1-4H3. The molecule has 0 aromatic heterocycles. The quantitative estimate of drug-likeness (QED) is 0.376. The molecule has 2 aromatic carbocycles. The van der Waals surface area contributed by atoms with Gasteiger partial charge in [-0.3, -0.25) is 9.59 Å².